The van der Waals surface area contributed by atoms with Crippen molar-refractivity contribution in [1.29, 1.82) is 0 Å². The van der Waals surface area contributed by atoms with Crippen molar-refractivity contribution in [3.63, 3.8) is 0 Å². The molecule has 4 aliphatic rings. The zero-order valence-corrected chi connectivity index (χ0v) is 15.9. The van der Waals surface area contributed by atoms with Gasteiger partial charge >= 0.3 is 5.97 Å². The van der Waals surface area contributed by atoms with Crippen LogP contribution in [0.25, 0.3) is 0 Å². The summed E-state index contributed by atoms with van der Waals surface area (Å²) in [6.45, 7) is 1.65. The van der Waals surface area contributed by atoms with E-state index in [1.807, 2.05) is 12.1 Å². The summed E-state index contributed by atoms with van der Waals surface area (Å²) in [5.41, 5.74) is 0.655. The van der Waals surface area contributed by atoms with Crippen molar-refractivity contribution >= 4 is 23.5 Å². The molecular formula is C21H26ClNO3. The summed E-state index contributed by atoms with van der Waals surface area (Å²) in [5, 5.41) is 3.80. The van der Waals surface area contributed by atoms with E-state index in [4.69, 9.17) is 16.3 Å². The van der Waals surface area contributed by atoms with E-state index in [1.54, 1.807) is 19.1 Å². The molecule has 26 heavy (non-hydrogen) atoms. The van der Waals surface area contributed by atoms with Crippen molar-refractivity contribution in [3.8, 4) is 0 Å². The maximum atomic E-state index is 12.7. The number of hydrogen-bond donors (Lipinski definition) is 1. The third-order valence-electron chi connectivity index (χ3n) is 6.40. The van der Waals surface area contributed by atoms with Gasteiger partial charge in [-0.25, -0.2) is 0 Å². The van der Waals surface area contributed by atoms with Crippen LogP contribution in [0.2, 0.25) is 5.02 Å². The number of nitrogens with one attached hydrogen (secondary N) is 1. The number of hydrogen-bond acceptors (Lipinski definition) is 3. The molecule has 4 aliphatic carbocycles. The highest BCUT2D eigenvalue weighted by Gasteiger charge is 2.51. The van der Waals surface area contributed by atoms with Crippen molar-refractivity contribution in [2.75, 3.05) is 0 Å². The molecule has 0 aromatic heterocycles. The Hall–Kier alpha value is -1.55. The molecule has 4 nitrogen and oxygen atoms in total. The Kier molecular flexibility index (Phi) is 4.72. The average Bonchev–Trinajstić information content (AvgIpc) is 2.55. The van der Waals surface area contributed by atoms with Gasteiger partial charge in [0.15, 0.2) is 6.10 Å². The van der Waals surface area contributed by atoms with Gasteiger partial charge in [0.05, 0.1) is 6.42 Å². The molecular weight excluding hydrogens is 350 g/mol. The van der Waals surface area contributed by atoms with E-state index in [-0.39, 0.29) is 17.9 Å². The summed E-state index contributed by atoms with van der Waals surface area (Å²) in [6, 6.07) is 7.19. The summed E-state index contributed by atoms with van der Waals surface area (Å²) in [5.74, 6) is 1.70. The Labute approximate surface area is 159 Å². The molecule has 0 heterocycles. The Bertz CT molecular complexity index is 682. The van der Waals surface area contributed by atoms with Gasteiger partial charge in [0.1, 0.15) is 0 Å². The van der Waals surface area contributed by atoms with Gasteiger partial charge in [0.2, 0.25) is 0 Å². The molecule has 0 radical (unpaired) electrons. The second-order valence-electron chi connectivity index (χ2n) is 8.59. The third kappa shape index (κ3) is 3.62. The first-order valence-electron chi connectivity index (χ1n) is 9.67. The Balaban J connectivity index is 1.33. The van der Waals surface area contributed by atoms with Crippen LogP contribution < -0.4 is 5.32 Å². The van der Waals surface area contributed by atoms with Gasteiger partial charge in [-0.3, -0.25) is 9.59 Å². The molecule has 1 aromatic carbocycles. The third-order valence-corrected chi connectivity index (χ3v) is 6.77. The molecule has 5 rings (SSSR count). The van der Waals surface area contributed by atoms with Crippen LogP contribution in [0, 0.1) is 17.8 Å². The summed E-state index contributed by atoms with van der Waals surface area (Å²) in [4.78, 5) is 24.9. The number of benzene rings is 1. The lowest BCUT2D eigenvalue weighted by Gasteiger charge is -2.57. The molecule has 1 amide bonds. The second-order valence-corrected chi connectivity index (χ2v) is 8.99. The SMILES string of the molecule is C[C@H](OC(=O)Cc1ccccc1Cl)C(=O)NC12CC3CC(CC(C3)C1)C2. The molecule has 0 spiro atoms. The first-order chi connectivity index (χ1) is 12.4. The lowest BCUT2D eigenvalue weighted by atomic mass is 9.53. The fourth-order valence-corrected chi connectivity index (χ4v) is 5.92. The van der Waals surface area contributed by atoms with E-state index >= 15 is 0 Å². The van der Waals surface area contributed by atoms with Crippen LogP contribution >= 0.6 is 11.6 Å². The highest BCUT2D eigenvalue weighted by molar-refractivity contribution is 6.31. The average molecular weight is 376 g/mol. The molecule has 1 aromatic rings. The molecule has 0 unspecified atom stereocenters. The predicted octanol–water partition coefficient (Wildman–Crippen LogP) is 3.90. The number of rotatable bonds is 5. The summed E-state index contributed by atoms with van der Waals surface area (Å²) >= 11 is 6.08. The van der Waals surface area contributed by atoms with Crippen molar-refractivity contribution in [3.05, 3.63) is 34.9 Å². The largest absolute Gasteiger partial charge is 0.452 e. The molecule has 1 atom stereocenters. The Morgan fingerprint density at radius 3 is 2.31 bits per heavy atom. The van der Waals surface area contributed by atoms with Crippen LogP contribution in [-0.2, 0) is 20.7 Å². The summed E-state index contributed by atoms with van der Waals surface area (Å²) < 4.78 is 5.38. The van der Waals surface area contributed by atoms with Gasteiger partial charge in [-0.1, -0.05) is 29.8 Å². The van der Waals surface area contributed by atoms with E-state index in [0.717, 1.165) is 37.0 Å². The topological polar surface area (TPSA) is 55.4 Å². The molecule has 140 valence electrons. The normalized spacial score (nSPS) is 32.9. The maximum Gasteiger partial charge on any atom is 0.311 e. The fourth-order valence-electron chi connectivity index (χ4n) is 5.72. The van der Waals surface area contributed by atoms with Crippen LogP contribution in [0.4, 0.5) is 0 Å². The molecule has 5 heteroatoms. The highest BCUT2D eigenvalue weighted by atomic mass is 35.5. The number of carbonyl (C=O) groups is 2. The Morgan fingerprint density at radius 2 is 1.73 bits per heavy atom. The number of ether oxygens (including phenoxy) is 1. The second kappa shape index (κ2) is 6.88. The van der Waals surface area contributed by atoms with E-state index < -0.39 is 12.1 Å². The van der Waals surface area contributed by atoms with Crippen LogP contribution in [0.5, 0.6) is 0 Å². The maximum absolute atomic E-state index is 12.7. The standard InChI is InChI=1S/C21H26ClNO3/c1-13(26-19(24)9-17-4-2-3-5-18(17)22)20(25)23-21-10-14-6-15(11-21)8-16(7-14)12-21/h2-5,13-16H,6-12H2,1H3,(H,23,25)/t13-,14?,15?,16?,21?/m0/s1. The molecule has 1 N–H and O–H groups in total. The zero-order chi connectivity index (χ0) is 18.3. The number of carbonyl (C=O) groups excluding carboxylic acids is 2. The quantitative estimate of drug-likeness (QED) is 0.794. The van der Waals surface area contributed by atoms with Crippen molar-refractivity contribution in [2.45, 2.75) is 63.5 Å². The monoisotopic (exact) mass is 375 g/mol. The number of esters is 1. The van der Waals surface area contributed by atoms with Crippen LogP contribution in [0.15, 0.2) is 24.3 Å². The van der Waals surface area contributed by atoms with Crippen molar-refractivity contribution in [1.82, 2.24) is 5.32 Å². The predicted molar refractivity (Wildman–Crippen MR) is 99.8 cm³/mol. The zero-order valence-electron chi connectivity index (χ0n) is 15.2. The summed E-state index contributed by atoms with van der Waals surface area (Å²) in [7, 11) is 0. The van der Waals surface area contributed by atoms with Crippen molar-refractivity contribution in [2.24, 2.45) is 17.8 Å². The van der Waals surface area contributed by atoms with E-state index in [9.17, 15) is 9.59 Å². The molecule has 4 bridgehead atoms. The minimum Gasteiger partial charge on any atom is -0.452 e. The molecule has 4 fully saturated rings. The molecule has 4 saturated carbocycles. The molecule has 0 aliphatic heterocycles. The van der Waals surface area contributed by atoms with Crippen molar-refractivity contribution < 1.29 is 14.3 Å². The van der Waals surface area contributed by atoms with E-state index in [2.05, 4.69) is 5.32 Å². The summed E-state index contributed by atoms with van der Waals surface area (Å²) in [6.07, 6.45) is 6.56. The van der Waals surface area contributed by atoms with E-state index in [0.29, 0.717) is 10.6 Å². The highest BCUT2D eigenvalue weighted by Crippen LogP contribution is 2.55. The smallest absolute Gasteiger partial charge is 0.311 e. The van der Waals surface area contributed by atoms with Crippen LogP contribution in [0.3, 0.4) is 0 Å². The van der Waals surface area contributed by atoms with E-state index in [1.165, 1.54) is 19.3 Å². The van der Waals surface area contributed by atoms with Crippen LogP contribution in [-0.4, -0.2) is 23.5 Å². The number of amides is 1. The van der Waals surface area contributed by atoms with Gasteiger partial charge in [0.25, 0.3) is 5.91 Å². The lowest BCUT2D eigenvalue weighted by Crippen LogP contribution is -2.61. The minimum atomic E-state index is -0.780. The van der Waals surface area contributed by atoms with Gasteiger partial charge in [-0.2, -0.15) is 0 Å². The van der Waals surface area contributed by atoms with Gasteiger partial charge in [-0.15, -0.1) is 0 Å². The molecule has 0 saturated heterocycles. The van der Waals surface area contributed by atoms with Gasteiger partial charge in [0, 0.05) is 10.6 Å². The Morgan fingerprint density at radius 1 is 1.15 bits per heavy atom. The first kappa shape index (κ1) is 17.8. The number of halogens is 1. The van der Waals surface area contributed by atoms with Gasteiger partial charge < -0.3 is 10.1 Å². The lowest BCUT2D eigenvalue weighted by molar-refractivity contribution is -0.156. The van der Waals surface area contributed by atoms with Gasteiger partial charge in [-0.05, 0) is 74.8 Å². The first-order valence-corrected chi connectivity index (χ1v) is 10.1. The fraction of sp³-hybridized carbons (Fsp3) is 0.619. The minimum absolute atomic E-state index is 0.0603. The van der Waals surface area contributed by atoms with Crippen LogP contribution in [0.1, 0.15) is 51.0 Å².